The Morgan fingerprint density at radius 2 is 0.769 bits per heavy atom. The van der Waals surface area contributed by atoms with Crippen molar-refractivity contribution in [3.8, 4) is 0 Å². The van der Waals surface area contributed by atoms with Gasteiger partial charge in [0.05, 0.1) is 20.6 Å². The van der Waals surface area contributed by atoms with Crippen molar-refractivity contribution in [3.05, 3.63) is 0 Å². The smallest absolute Gasteiger partial charge is 0.267 e. The van der Waals surface area contributed by atoms with E-state index in [0.717, 1.165) is 13.0 Å². The molecule has 0 saturated carbocycles. The Hall–Kier alpha value is -0.170. The molecule has 0 saturated heterocycles. The zero-order chi connectivity index (χ0) is 29.1. The maximum atomic E-state index is 10.9. The van der Waals surface area contributed by atoms with E-state index < -0.39 is 22.0 Å². The molecule has 0 heterocycles. The predicted molar refractivity (Wildman–Crippen MR) is 170 cm³/mol. The first kappa shape index (κ1) is 38.8. The number of likely N-dealkylation sites (N-methyl/N-ethyl adjacent to an activating group) is 1. The van der Waals surface area contributed by atoms with Crippen molar-refractivity contribution in [1.29, 1.82) is 0 Å². The molecule has 39 heavy (non-hydrogen) atoms. The van der Waals surface area contributed by atoms with Gasteiger partial charge >= 0.3 is 0 Å². The molecule has 0 spiro atoms. The van der Waals surface area contributed by atoms with Crippen LogP contribution in [-0.4, -0.2) is 61.6 Å². The Morgan fingerprint density at radius 1 is 0.513 bits per heavy atom. The monoisotopic (exact) mass is 577 g/mol. The summed E-state index contributed by atoms with van der Waals surface area (Å²) in [4.78, 5) is 0. The number of quaternary nitrogens is 1. The highest BCUT2D eigenvalue weighted by Gasteiger charge is 2.23. The molecule has 0 bridgehead atoms. The van der Waals surface area contributed by atoms with E-state index in [1.54, 1.807) is 0 Å². The Balaban J connectivity index is 3.26. The molecule has 1 atom stereocenters. The average molecular weight is 577 g/mol. The molecule has 0 aromatic carbocycles. The van der Waals surface area contributed by atoms with Gasteiger partial charge in [0, 0.05) is 0 Å². The summed E-state index contributed by atoms with van der Waals surface area (Å²) in [6.07, 6.45) is 35.3. The van der Waals surface area contributed by atoms with Crippen LogP contribution in [0.3, 0.4) is 0 Å². The zero-order valence-electron chi connectivity index (χ0n) is 26.6. The highest BCUT2D eigenvalue weighted by molar-refractivity contribution is 7.85. The number of hydrogen-bond acceptors (Lipinski definition) is 3. The molecule has 0 amide bonds. The van der Waals surface area contributed by atoms with Crippen molar-refractivity contribution < 1.29 is 22.6 Å². The number of aliphatic hydroxyl groups excluding tert-OH is 1. The minimum atomic E-state index is -4.11. The minimum Gasteiger partial charge on any atom is -0.386 e. The van der Waals surface area contributed by atoms with E-state index in [1.165, 1.54) is 161 Å². The maximum Gasteiger partial charge on any atom is 0.267 e. The summed E-state index contributed by atoms with van der Waals surface area (Å²) in [7, 11) is -0.100. The van der Waals surface area contributed by atoms with Crippen LogP contribution in [0.25, 0.3) is 0 Å². The van der Waals surface area contributed by atoms with E-state index in [1.807, 2.05) is 14.1 Å². The van der Waals surface area contributed by atoms with E-state index in [-0.39, 0.29) is 0 Å². The van der Waals surface area contributed by atoms with Crippen LogP contribution in [0.15, 0.2) is 0 Å². The Morgan fingerprint density at radius 3 is 1.03 bits per heavy atom. The van der Waals surface area contributed by atoms with E-state index in [0.29, 0.717) is 11.0 Å². The molecule has 0 rings (SSSR count). The van der Waals surface area contributed by atoms with Crippen molar-refractivity contribution >= 4 is 10.1 Å². The summed E-state index contributed by atoms with van der Waals surface area (Å²) in [5.74, 6) is -0.575. The van der Waals surface area contributed by atoms with Crippen molar-refractivity contribution in [3.63, 3.8) is 0 Å². The van der Waals surface area contributed by atoms with Gasteiger partial charge in [0.2, 0.25) is 0 Å². The number of nitrogens with zero attached hydrogens (tertiary/aromatic N) is 1. The van der Waals surface area contributed by atoms with Crippen LogP contribution >= 0.6 is 0 Å². The van der Waals surface area contributed by atoms with E-state index >= 15 is 0 Å². The fraction of sp³-hybridized carbons (Fsp3) is 1.00. The van der Waals surface area contributed by atoms with Gasteiger partial charge in [-0.1, -0.05) is 161 Å². The molecule has 0 radical (unpaired) electrons. The van der Waals surface area contributed by atoms with Gasteiger partial charge in [-0.2, -0.15) is 8.42 Å². The first-order chi connectivity index (χ1) is 18.7. The van der Waals surface area contributed by atoms with Gasteiger partial charge in [-0.05, 0) is 12.8 Å². The highest BCUT2D eigenvalue weighted by atomic mass is 32.2. The topological polar surface area (TPSA) is 74.6 Å². The second-order valence-electron chi connectivity index (χ2n) is 13.1. The molecular formula is C33H70NO4S+. The Bertz CT molecular complexity index is 609. The molecular weight excluding hydrogens is 506 g/mol. The highest BCUT2D eigenvalue weighted by Crippen LogP contribution is 2.16. The molecule has 0 aliphatic carbocycles. The third-order valence-electron chi connectivity index (χ3n) is 8.22. The Labute approximate surface area is 245 Å². The van der Waals surface area contributed by atoms with Crippen LogP contribution in [0.2, 0.25) is 0 Å². The molecule has 5 nitrogen and oxygen atoms in total. The molecule has 2 N–H and O–H groups in total. The van der Waals surface area contributed by atoms with Gasteiger partial charge in [0.25, 0.3) is 10.1 Å². The number of aliphatic hydroxyl groups is 1. The average Bonchev–Trinajstić information content (AvgIpc) is 2.84. The summed E-state index contributed by atoms with van der Waals surface area (Å²) >= 11 is 0. The zero-order valence-corrected chi connectivity index (χ0v) is 27.5. The summed E-state index contributed by atoms with van der Waals surface area (Å²) in [6, 6.07) is 0. The van der Waals surface area contributed by atoms with Gasteiger partial charge in [-0.25, -0.2) is 0 Å². The fourth-order valence-corrected chi connectivity index (χ4v) is 6.40. The third kappa shape index (κ3) is 32.2. The fourth-order valence-electron chi connectivity index (χ4n) is 5.81. The normalized spacial score (nSPS) is 13.3. The van der Waals surface area contributed by atoms with Gasteiger partial charge in [-0.3, -0.25) is 4.55 Å². The van der Waals surface area contributed by atoms with Crippen molar-refractivity contribution in [2.75, 3.05) is 32.9 Å². The standard InChI is InChI=1S/C33H69NO4S/c1-4-5-6-7-8-9-10-11-12-13-14-15-16-17-18-19-20-21-22-23-24-25-26-27-28-29-30-34(2,3)31-33(35)32-39(36,37)38/h33,35H,4-32H2,1-3H3/p+1. The van der Waals surface area contributed by atoms with Crippen LogP contribution in [0, 0.1) is 0 Å². The van der Waals surface area contributed by atoms with E-state index in [4.69, 9.17) is 4.55 Å². The quantitative estimate of drug-likeness (QED) is 0.0489. The lowest BCUT2D eigenvalue weighted by Gasteiger charge is -2.31. The minimum absolute atomic E-state index is 0.346. The second-order valence-corrected chi connectivity index (χ2v) is 14.6. The van der Waals surface area contributed by atoms with E-state index in [9.17, 15) is 13.5 Å². The molecule has 236 valence electrons. The van der Waals surface area contributed by atoms with Gasteiger partial charge in [0.15, 0.2) is 0 Å². The molecule has 6 heteroatoms. The second kappa shape index (κ2) is 26.7. The molecule has 0 aromatic heterocycles. The van der Waals surface area contributed by atoms with Gasteiger partial charge in [0.1, 0.15) is 18.4 Å². The van der Waals surface area contributed by atoms with Crippen molar-refractivity contribution in [2.24, 2.45) is 0 Å². The van der Waals surface area contributed by atoms with Gasteiger partial charge in [-0.15, -0.1) is 0 Å². The first-order valence-electron chi connectivity index (χ1n) is 17.1. The summed E-state index contributed by atoms with van der Waals surface area (Å²) in [6.45, 7) is 3.56. The molecule has 0 aliphatic rings. The van der Waals surface area contributed by atoms with Crippen molar-refractivity contribution in [1.82, 2.24) is 0 Å². The van der Waals surface area contributed by atoms with E-state index in [2.05, 4.69) is 6.92 Å². The summed E-state index contributed by atoms with van der Waals surface area (Å²) < 4.78 is 31.2. The third-order valence-corrected chi connectivity index (χ3v) is 9.03. The maximum absolute atomic E-state index is 10.9. The van der Waals surface area contributed by atoms with Crippen LogP contribution in [0.4, 0.5) is 0 Å². The Kier molecular flexibility index (Phi) is 26.6. The molecule has 0 aliphatic heterocycles. The van der Waals surface area contributed by atoms with Crippen LogP contribution < -0.4 is 0 Å². The molecule has 0 aromatic rings. The van der Waals surface area contributed by atoms with Crippen LogP contribution in [0.1, 0.15) is 174 Å². The molecule has 0 fully saturated rings. The predicted octanol–water partition coefficient (Wildman–Crippen LogP) is 9.47. The largest absolute Gasteiger partial charge is 0.386 e. The molecule has 1 unspecified atom stereocenters. The lowest BCUT2D eigenvalue weighted by Crippen LogP contribution is -2.47. The van der Waals surface area contributed by atoms with Crippen molar-refractivity contribution in [2.45, 2.75) is 180 Å². The lowest BCUT2D eigenvalue weighted by atomic mass is 10.0. The van der Waals surface area contributed by atoms with Gasteiger partial charge < -0.3 is 9.59 Å². The first-order valence-corrected chi connectivity index (χ1v) is 18.7. The SMILES string of the molecule is CCCCCCCCCCCCCCCCCCCCCCCCCCCC[N+](C)(C)CC(O)CS(=O)(=O)O. The lowest BCUT2D eigenvalue weighted by molar-refractivity contribution is -0.893. The number of unbranched alkanes of at least 4 members (excludes halogenated alkanes) is 25. The van der Waals surface area contributed by atoms with Crippen LogP contribution in [-0.2, 0) is 10.1 Å². The number of hydrogen-bond donors (Lipinski definition) is 2. The van der Waals surface area contributed by atoms with Crippen LogP contribution in [0.5, 0.6) is 0 Å². The number of rotatable bonds is 31. The summed E-state index contributed by atoms with van der Waals surface area (Å²) in [5, 5.41) is 9.86. The summed E-state index contributed by atoms with van der Waals surface area (Å²) in [5.41, 5.74) is 0.